The number of aromatic nitrogens is 3. The average Bonchev–Trinajstić information content (AvgIpc) is 3.06. The maximum atomic E-state index is 6.13. The highest BCUT2D eigenvalue weighted by Crippen LogP contribution is 2.30. The van der Waals surface area contributed by atoms with Gasteiger partial charge in [0.15, 0.2) is 17.3 Å². The number of H-pyrrole nitrogens is 1. The minimum absolute atomic E-state index is 0.469. The number of nitrogens with one attached hydrogen (secondary N) is 1. The first-order valence-electron chi connectivity index (χ1n) is 10.1. The number of nitrogens with zero attached hydrogens (tertiary/aromatic N) is 3. The molecule has 30 heavy (non-hydrogen) atoms. The molecule has 0 aliphatic rings. The van der Waals surface area contributed by atoms with Gasteiger partial charge >= 0.3 is 0 Å². The molecule has 0 saturated carbocycles. The summed E-state index contributed by atoms with van der Waals surface area (Å²) >= 11 is 5.24. The third-order valence-electron chi connectivity index (χ3n) is 4.84. The van der Waals surface area contributed by atoms with Crippen molar-refractivity contribution in [3.8, 4) is 11.5 Å². The highest BCUT2D eigenvalue weighted by atomic mass is 32.1. The molecule has 6 nitrogen and oxygen atoms in total. The molecule has 2 aromatic carbocycles. The Bertz CT molecular complexity index is 1090. The Labute approximate surface area is 182 Å². The fourth-order valence-corrected chi connectivity index (χ4v) is 3.57. The van der Waals surface area contributed by atoms with Gasteiger partial charge in [0.1, 0.15) is 6.61 Å². The number of ether oxygens (including phenoxy) is 2. The van der Waals surface area contributed by atoms with Crippen molar-refractivity contribution in [2.75, 3.05) is 6.61 Å². The van der Waals surface area contributed by atoms with Gasteiger partial charge in [-0.3, -0.25) is 5.10 Å². The van der Waals surface area contributed by atoms with Crippen LogP contribution in [0.15, 0.2) is 35.4 Å². The number of aromatic amines is 1. The molecule has 0 aliphatic carbocycles. The second-order valence-corrected chi connectivity index (χ2v) is 7.55. The molecule has 0 fully saturated rings. The van der Waals surface area contributed by atoms with E-state index in [9.17, 15) is 0 Å². The van der Waals surface area contributed by atoms with Gasteiger partial charge in [-0.15, -0.1) is 0 Å². The molecule has 1 aromatic heterocycles. The van der Waals surface area contributed by atoms with Gasteiger partial charge in [0, 0.05) is 6.42 Å². The van der Waals surface area contributed by atoms with Crippen molar-refractivity contribution < 1.29 is 9.47 Å². The van der Waals surface area contributed by atoms with Gasteiger partial charge in [-0.05, 0) is 80.4 Å². The van der Waals surface area contributed by atoms with Crippen LogP contribution in [0, 0.1) is 25.5 Å². The lowest BCUT2D eigenvalue weighted by atomic mass is 10.0. The summed E-state index contributed by atoms with van der Waals surface area (Å²) in [6, 6.07) is 10.2. The lowest BCUT2D eigenvalue weighted by molar-refractivity contribution is 0.268. The normalized spacial score (nSPS) is 11.2. The fourth-order valence-electron chi connectivity index (χ4n) is 3.38. The first kappa shape index (κ1) is 21.8. The Hall–Kier alpha value is -2.93. The number of hydrogen-bond acceptors (Lipinski definition) is 5. The van der Waals surface area contributed by atoms with E-state index in [-0.39, 0.29) is 0 Å². The molecule has 0 bridgehead atoms. The second kappa shape index (κ2) is 9.71. The Kier molecular flexibility index (Phi) is 7.05. The quantitative estimate of drug-likeness (QED) is 0.394. The van der Waals surface area contributed by atoms with E-state index in [1.165, 1.54) is 22.3 Å². The number of hydrogen-bond donors (Lipinski definition) is 1. The first-order valence-corrected chi connectivity index (χ1v) is 10.5. The van der Waals surface area contributed by atoms with Crippen molar-refractivity contribution in [3.05, 3.63) is 68.7 Å². The minimum Gasteiger partial charge on any atom is -0.490 e. The summed E-state index contributed by atoms with van der Waals surface area (Å²) in [6.07, 6.45) is 2.48. The van der Waals surface area contributed by atoms with Crippen LogP contribution in [0.2, 0.25) is 0 Å². The van der Waals surface area contributed by atoms with E-state index in [1.54, 1.807) is 10.9 Å². The van der Waals surface area contributed by atoms with E-state index < -0.39 is 0 Å². The molecular formula is C23H28N4O2S. The highest BCUT2D eigenvalue weighted by molar-refractivity contribution is 7.71. The number of rotatable bonds is 8. The standard InChI is InChI=1S/C23H28N4O2S/c1-6-22-25-26-23(30)27(22)24-13-18-8-9-20(21(12-18)28-7-2)29-14-19-16(4)10-15(3)11-17(19)5/h8-13H,6-7,14H2,1-5H3,(H,26,30)/b24-13-. The lowest BCUT2D eigenvalue weighted by Crippen LogP contribution is -2.04. The van der Waals surface area contributed by atoms with Crippen LogP contribution < -0.4 is 9.47 Å². The molecule has 0 aliphatic heterocycles. The predicted octanol–water partition coefficient (Wildman–Crippen LogP) is 5.29. The zero-order chi connectivity index (χ0) is 21.7. The maximum absolute atomic E-state index is 6.13. The molecule has 0 spiro atoms. The molecule has 3 rings (SSSR count). The van der Waals surface area contributed by atoms with E-state index in [1.807, 2.05) is 32.0 Å². The van der Waals surface area contributed by atoms with Crippen LogP contribution in [0.25, 0.3) is 0 Å². The summed E-state index contributed by atoms with van der Waals surface area (Å²) in [5.74, 6) is 2.18. The third kappa shape index (κ3) is 4.97. The summed E-state index contributed by atoms with van der Waals surface area (Å²) in [5, 5.41) is 11.4. The van der Waals surface area contributed by atoms with Gasteiger partial charge in [-0.1, -0.05) is 24.6 Å². The SMILES string of the molecule is CCOc1cc(/C=N\n2c(CC)n[nH]c2=S)ccc1OCc1c(C)cc(C)cc1C. The molecule has 3 aromatic rings. The zero-order valence-corrected chi connectivity index (χ0v) is 19.0. The molecule has 1 N–H and O–H groups in total. The van der Waals surface area contributed by atoms with Crippen molar-refractivity contribution in [2.45, 2.75) is 47.6 Å². The second-order valence-electron chi connectivity index (χ2n) is 7.16. The lowest BCUT2D eigenvalue weighted by Gasteiger charge is -2.15. The molecule has 0 saturated heterocycles. The predicted molar refractivity (Wildman–Crippen MR) is 122 cm³/mol. The molecule has 0 unspecified atom stereocenters. The molecule has 158 valence electrons. The van der Waals surface area contributed by atoms with Crippen LogP contribution in [-0.2, 0) is 13.0 Å². The zero-order valence-electron chi connectivity index (χ0n) is 18.2. The van der Waals surface area contributed by atoms with Gasteiger partial charge < -0.3 is 9.47 Å². The van der Waals surface area contributed by atoms with Gasteiger partial charge in [0.05, 0.1) is 12.8 Å². The first-order chi connectivity index (χ1) is 14.4. The van der Waals surface area contributed by atoms with Crippen molar-refractivity contribution in [1.29, 1.82) is 0 Å². The molecule has 1 heterocycles. The summed E-state index contributed by atoms with van der Waals surface area (Å²) in [5.41, 5.74) is 5.82. The van der Waals surface area contributed by atoms with Crippen LogP contribution >= 0.6 is 12.2 Å². The van der Waals surface area contributed by atoms with E-state index in [2.05, 4.69) is 48.2 Å². The topological polar surface area (TPSA) is 64.4 Å². The van der Waals surface area contributed by atoms with Gasteiger partial charge in [0.25, 0.3) is 0 Å². The van der Waals surface area contributed by atoms with Crippen molar-refractivity contribution in [1.82, 2.24) is 14.9 Å². The monoisotopic (exact) mass is 424 g/mol. The molecule has 7 heteroatoms. The molecular weight excluding hydrogens is 396 g/mol. The van der Waals surface area contributed by atoms with Crippen LogP contribution in [-0.4, -0.2) is 27.7 Å². The summed E-state index contributed by atoms with van der Waals surface area (Å²) in [6.45, 7) is 11.4. The van der Waals surface area contributed by atoms with Crippen LogP contribution in [0.4, 0.5) is 0 Å². The smallest absolute Gasteiger partial charge is 0.216 e. The van der Waals surface area contributed by atoms with Crippen molar-refractivity contribution in [2.24, 2.45) is 5.10 Å². The van der Waals surface area contributed by atoms with Crippen LogP contribution in [0.3, 0.4) is 0 Å². The van der Waals surface area contributed by atoms with E-state index in [0.717, 1.165) is 17.8 Å². The Balaban J connectivity index is 1.82. The molecule has 0 radical (unpaired) electrons. The van der Waals surface area contributed by atoms with Gasteiger partial charge in [-0.2, -0.15) is 14.9 Å². The van der Waals surface area contributed by atoms with E-state index in [0.29, 0.717) is 29.5 Å². The van der Waals surface area contributed by atoms with Crippen LogP contribution in [0.1, 0.15) is 47.5 Å². The van der Waals surface area contributed by atoms with E-state index in [4.69, 9.17) is 21.7 Å². The van der Waals surface area contributed by atoms with Gasteiger partial charge in [-0.25, -0.2) is 0 Å². The van der Waals surface area contributed by atoms with Crippen molar-refractivity contribution in [3.63, 3.8) is 0 Å². The largest absolute Gasteiger partial charge is 0.490 e. The summed E-state index contributed by atoms with van der Waals surface area (Å²) in [7, 11) is 0. The molecule has 0 atom stereocenters. The van der Waals surface area contributed by atoms with Gasteiger partial charge in [0.2, 0.25) is 4.77 Å². The van der Waals surface area contributed by atoms with Crippen molar-refractivity contribution >= 4 is 18.4 Å². The van der Waals surface area contributed by atoms with Crippen LogP contribution in [0.5, 0.6) is 11.5 Å². The average molecular weight is 425 g/mol. The molecule has 0 amide bonds. The summed E-state index contributed by atoms with van der Waals surface area (Å²) in [4.78, 5) is 0. The third-order valence-corrected chi connectivity index (χ3v) is 5.10. The number of benzene rings is 2. The minimum atomic E-state index is 0.469. The fraction of sp³-hybridized carbons (Fsp3) is 0.348. The van der Waals surface area contributed by atoms with E-state index >= 15 is 0 Å². The maximum Gasteiger partial charge on any atom is 0.216 e. The number of aryl methyl sites for hydroxylation is 4. The Morgan fingerprint density at radius 2 is 1.80 bits per heavy atom. The summed E-state index contributed by atoms with van der Waals surface area (Å²) < 4.78 is 14.0. The highest BCUT2D eigenvalue weighted by Gasteiger charge is 2.10. The Morgan fingerprint density at radius 3 is 2.47 bits per heavy atom. The Morgan fingerprint density at radius 1 is 1.07 bits per heavy atom.